The van der Waals surface area contributed by atoms with Gasteiger partial charge >= 0.3 is 6.18 Å². The summed E-state index contributed by atoms with van der Waals surface area (Å²) in [6.07, 6.45) is 4.72. The maximum atomic E-state index is 13.9. The number of methoxy groups -OCH3 is 1. The number of aliphatic hydroxyl groups is 1. The Labute approximate surface area is 256 Å². The summed E-state index contributed by atoms with van der Waals surface area (Å²) in [5, 5.41) is 12.9. The fourth-order valence-electron chi connectivity index (χ4n) is 8.77. The zero-order valence-corrected chi connectivity index (χ0v) is 25.4. The second kappa shape index (κ2) is 10.8. The number of amides is 1. The molecule has 1 saturated heterocycles. The quantitative estimate of drug-likeness (QED) is 0.354. The highest BCUT2D eigenvalue weighted by Crippen LogP contribution is 2.66. The van der Waals surface area contributed by atoms with E-state index in [-0.39, 0.29) is 18.0 Å². The molecule has 7 rings (SSSR count). The van der Waals surface area contributed by atoms with Crippen molar-refractivity contribution in [1.29, 1.82) is 0 Å². The van der Waals surface area contributed by atoms with Crippen LogP contribution >= 0.6 is 0 Å². The van der Waals surface area contributed by atoms with Crippen molar-refractivity contribution in [1.82, 2.24) is 9.80 Å². The lowest BCUT2D eigenvalue weighted by Crippen LogP contribution is -2.78. The Morgan fingerprint density at radius 3 is 2.75 bits per heavy atom. The van der Waals surface area contributed by atoms with Gasteiger partial charge in [0, 0.05) is 30.8 Å². The molecule has 2 heterocycles. The number of piperidine rings is 1. The minimum Gasteiger partial charge on any atom is -0.493 e. The standard InChI is InChI=1S/C35H41F3N2O4/c1-3-4-17-40(29(41)13-10-22-6-5-7-25(19-22)35(36,37)38)26-14-15-34(42)28-20-24-11-12-27(43-2)31-30(24)33(34,32(26)44-31)16-18-39(28)21-23-8-9-23/h5-7,10-13,19,23,26,28,32,42H,3-4,8-9,14-18,20-21H2,1-2H3/t26-,28-,32+,33+,34-/m1/s1. The Hall–Kier alpha value is -3.04. The number of nitrogens with zero attached hydrogens (tertiary/aromatic N) is 2. The lowest BCUT2D eigenvalue weighted by Gasteiger charge is -2.65. The molecule has 9 heteroatoms. The van der Waals surface area contributed by atoms with Gasteiger partial charge in [0.1, 0.15) is 6.10 Å². The minimum absolute atomic E-state index is 0.0173. The molecule has 6 nitrogen and oxygen atoms in total. The molecule has 236 valence electrons. The molecule has 3 aliphatic carbocycles. The van der Waals surface area contributed by atoms with Crippen LogP contribution in [0, 0.1) is 5.92 Å². The van der Waals surface area contributed by atoms with Gasteiger partial charge in [0.25, 0.3) is 0 Å². The molecular formula is C35H41F3N2O4. The number of rotatable bonds is 9. The van der Waals surface area contributed by atoms with Gasteiger partial charge in [0.15, 0.2) is 11.5 Å². The summed E-state index contributed by atoms with van der Waals surface area (Å²) in [4.78, 5) is 18.3. The first-order valence-corrected chi connectivity index (χ1v) is 16.1. The molecule has 2 aromatic carbocycles. The number of hydrogen-bond donors (Lipinski definition) is 1. The summed E-state index contributed by atoms with van der Waals surface area (Å²) < 4.78 is 52.6. The van der Waals surface area contributed by atoms with E-state index in [0.717, 1.165) is 56.5 Å². The fourth-order valence-corrected chi connectivity index (χ4v) is 8.77. The van der Waals surface area contributed by atoms with Gasteiger partial charge in [0.05, 0.1) is 29.7 Å². The van der Waals surface area contributed by atoms with E-state index in [1.165, 1.54) is 36.6 Å². The molecule has 5 atom stereocenters. The molecule has 1 N–H and O–H groups in total. The van der Waals surface area contributed by atoms with Crippen molar-refractivity contribution in [2.45, 2.75) is 93.7 Å². The predicted molar refractivity (Wildman–Crippen MR) is 161 cm³/mol. The number of likely N-dealkylation sites (tertiary alicyclic amines) is 1. The van der Waals surface area contributed by atoms with Crippen LogP contribution in [-0.4, -0.2) is 71.3 Å². The van der Waals surface area contributed by atoms with Crippen LogP contribution in [0.5, 0.6) is 11.5 Å². The maximum absolute atomic E-state index is 13.9. The molecule has 2 aliphatic heterocycles. The van der Waals surface area contributed by atoms with Crippen molar-refractivity contribution in [3.63, 3.8) is 0 Å². The van der Waals surface area contributed by atoms with Crippen LogP contribution < -0.4 is 9.47 Å². The van der Waals surface area contributed by atoms with Crippen molar-refractivity contribution in [3.05, 3.63) is 64.7 Å². The number of ether oxygens (including phenoxy) is 2. The van der Waals surface area contributed by atoms with Crippen LogP contribution in [0.4, 0.5) is 13.2 Å². The average Bonchev–Trinajstić information content (AvgIpc) is 3.75. The smallest absolute Gasteiger partial charge is 0.416 e. The molecule has 5 aliphatic rings. The van der Waals surface area contributed by atoms with Gasteiger partial charge in [-0.2, -0.15) is 13.2 Å². The van der Waals surface area contributed by atoms with Crippen LogP contribution in [0.1, 0.15) is 74.1 Å². The number of carbonyl (C=O) groups is 1. The lowest BCUT2D eigenvalue weighted by molar-refractivity contribution is -0.201. The molecule has 2 saturated carbocycles. The fraction of sp³-hybridized carbons (Fsp3) is 0.571. The molecule has 1 spiro atoms. The number of alkyl halides is 3. The highest BCUT2D eigenvalue weighted by molar-refractivity contribution is 5.92. The highest BCUT2D eigenvalue weighted by Gasteiger charge is 2.73. The Morgan fingerprint density at radius 1 is 1.20 bits per heavy atom. The molecule has 0 aromatic heterocycles. The van der Waals surface area contributed by atoms with Crippen LogP contribution in [-0.2, 0) is 22.8 Å². The predicted octanol–water partition coefficient (Wildman–Crippen LogP) is 5.99. The van der Waals surface area contributed by atoms with E-state index in [1.807, 2.05) is 11.0 Å². The van der Waals surface area contributed by atoms with Crippen molar-refractivity contribution in [3.8, 4) is 11.5 Å². The SMILES string of the molecule is CCCCN(C(=O)C=Cc1cccc(C(F)(F)F)c1)[C@@H]1CC[C@@]2(O)[C@H]3Cc4ccc(OC)c5c4[C@@]2(CCN3CC2CC2)[C@H]1O5. The number of unbranched alkanes of at least 4 members (excludes halogenated alkanes) is 1. The first kappa shape index (κ1) is 29.7. The summed E-state index contributed by atoms with van der Waals surface area (Å²) in [5.74, 6) is 1.78. The van der Waals surface area contributed by atoms with Crippen LogP contribution in [0.25, 0.3) is 6.08 Å². The summed E-state index contributed by atoms with van der Waals surface area (Å²) in [6, 6.07) is 8.77. The normalized spacial score (nSPS) is 30.6. The van der Waals surface area contributed by atoms with Crippen molar-refractivity contribution in [2.24, 2.45) is 5.92 Å². The third-order valence-electron chi connectivity index (χ3n) is 11.0. The zero-order chi connectivity index (χ0) is 30.9. The summed E-state index contributed by atoms with van der Waals surface area (Å²) in [5.41, 5.74) is 0.140. The Morgan fingerprint density at radius 2 is 2.02 bits per heavy atom. The first-order valence-electron chi connectivity index (χ1n) is 16.1. The average molecular weight is 611 g/mol. The van der Waals surface area contributed by atoms with E-state index in [2.05, 4.69) is 17.9 Å². The van der Waals surface area contributed by atoms with Gasteiger partial charge in [-0.1, -0.05) is 31.5 Å². The summed E-state index contributed by atoms with van der Waals surface area (Å²) in [7, 11) is 1.63. The largest absolute Gasteiger partial charge is 0.493 e. The Kier molecular flexibility index (Phi) is 7.28. The lowest BCUT2D eigenvalue weighted by atomic mass is 9.48. The first-order chi connectivity index (χ1) is 21.1. The van der Waals surface area contributed by atoms with Crippen molar-refractivity contribution < 1.29 is 32.5 Å². The topological polar surface area (TPSA) is 62.2 Å². The van der Waals surface area contributed by atoms with Gasteiger partial charge in [-0.15, -0.1) is 0 Å². The van der Waals surface area contributed by atoms with Gasteiger partial charge in [0.2, 0.25) is 5.91 Å². The number of benzene rings is 2. The van der Waals surface area contributed by atoms with Gasteiger partial charge in [-0.05, 0) is 92.8 Å². The van der Waals surface area contributed by atoms with Crippen molar-refractivity contribution in [2.75, 3.05) is 26.7 Å². The van der Waals surface area contributed by atoms with E-state index in [9.17, 15) is 23.1 Å². The second-order valence-electron chi connectivity index (χ2n) is 13.4. The van der Waals surface area contributed by atoms with E-state index in [4.69, 9.17) is 9.47 Å². The Balaban J connectivity index is 1.26. The summed E-state index contributed by atoms with van der Waals surface area (Å²) in [6.45, 7) is 4.45. The molecule has 0 unspecified atom stereocenters. The van der Waals surface area contributed by atoms with Crippen LogP contribution in [0.2, 0.25) is 0 Å². The van der Waals surface area contributed by atoms with E-state index in [1.54, 1.807) is 13.2 Å². The van der Waals surface area contributed by atoms with Crippen LogP contribution in [0.15, 0.2) is 42.5 Å². The summed E-state index contributed by atoms with van der Waals surface area (Å²) >= 11 is 0. The number of hydrogen-bond acceptors (Lipinski definition) is 5. The second-order valence-corrected chi connectivity index (χ2v) is 13.4. The Bertz CT molecular complexity index is 1470. The van der Waals surface area contributed by atoms with Gasteiger partial charge in [-0.25, -0.2) is 0 Å². The molecule has 0 radical (unpaired) electrons. The number of halogens is 3. The third kappa shape index (κ3) is 4.56. The maximum Gasteiger partial charge on any atom is 0.416 e. The number of carbonyl (C=O) groups excluding carboxylic acids is 1. The zero-order valence-electron chi connectivity index (χ0n) is 25.4. The molecule has 44 heavy (non-hydrogen) atoms. The van der Waals surface area contributed by atoms with Gasteiger partial charge in [-0.3, -0.25) is 9.69 Å². The molecule has 2 aromatic rings. The monoisotopic (exact) mass is 610 g/mol. The molecule has 3 fully saturated rings. The molecule has 1 amide bonds. The van der Waals surface area contributed by atoms with Crippen molar-refractivity contribution >= 4 is 12.0 Å². The highest BCUT2D eigenvalue weighted by atomic mass is 19.4. The molecular weight excluding hydrogens is 569 g/mol. The van der Waals surface area contributed by atoms with Crippen LogP contribution in [0.3, 0.4) is 0 Å². The van der Waals surface area contributed by atoms with Gasteiger partial charge < -0.3 is 19.5 Å². The minimum atomic E-state index is -4.46. The van der Waals surface area contributed by atoms with E-state index in [0.29, 0.717) is 42.4 Å². The molecule has 2 bridgehead atoms. The van der Waals surface area contributed by atoms with E-state index < -0.39 is 28.9 Å². The van der Waals surface area contributed by atoms with E-state index >= 15 is 0 Å². The third-order valence-corrected chi connectivity index (χ3v) is 11.0.